The number of rotatable bonds is 8. The second-order valence-corrected chi connectivity index (χ2v) is 8.07. The molecule has 1 N–H and O–H groups in total. The number of carbonyl (C=O) groups excluding carboxylic acids is 3. The van der Waals surface area contributed by atoms with Crippen molar-refractivity contribution in [2.45, 2.75) is 45.2 Å². The van der Waals surface area contributed by atoms with Gasteiger partial charge in [-0.05, 0) is 36.6 Å². The maximum absolute atomic E-state index is 13.4. The Morgan fingerprint density at radius 1 is 1.10 bits per heavy atom. The molecule has 0 bridgehead atoms. The summed E-state index contributed by atoms with van der Waals surface area (Å²) in [6, 6.07) is 12.8. The molecule has 1 atom stereocenters. The van der Waals surface area contributed by atoms with E-state index in [4.69, 9.17) is 0 Å². The third kappa shape index (κ3) is 4.76. The Morgan fingerprint density at radius 2 is 1.74 bits per heavy atom. The van der Waals surface area contributed by atoms with E-state index in [1.165, 1.54) is 29.2 Å². The van der Waals surface area contributed by atoms with Gasteiger partial charge < -0.3 is 10.2 Å². The lowest BCUT2D eigenvalue weighted by molar-refractivity contribution is -0.139. The Bertz CT molecular complexity index is 959. The molecule has 0 aromatic heterocycles. The first-order valence-corrected chi connectivity index (χ1v) is 10.5. The van der Waals surface area contributed by atoms with Crippen molar-refractivity contribution in [3.05, 3.63) is 71.0 Å². The van der Waals surface area contributed by atoms with Crippen LogP contribution in [0.5, 0.6) is 0 Å². The first-order valence-electron chi connectivity index (χ1n) is 10.5. The lowest BCUT2D eigenvalue weighted by Gasteiger charge is -2.27. The molecule has 164 valence electrons. The monoisotopic (exact) mass is 425 g/mol. The largest absolute Gasteiger partial charge is 0.340 e. The standard InChI is InChI=1S/C24H28FN3O3/c1-4-5-14-24(19-10-12-20(25)13-11-19)22(30)28(23(31)26-24)16-21(29)27(3)15-18-8-6-17(2)7-9-18/h6-13H,4-5,14-16H2,1-3H3,(H,26,31)/t24-/m1/s1. The summed E-state index contributed by atoms with van der Waals surface area (Å²) in [5.41, 5.74) is 1.32. The number of unbranched alkanes of at least 4 members (excludes halogenated alkanes) is 1. The van der Waals surface area contributed by atoms with E-state index in [1.54, 1.807) is 7.05 Å². The van der Waals surface area contributed by atoms with Crippen LogP contribution in [0.25, 0.3) is 0 Å². The second-order valence-electron chi connectivity index (χ2n) is 8.07. The van der Waals surface area contributed by atoms with Crippen molar-refractivity contribution in [3.63, 3.8) is 0 Å². The number of carbonyl (C=O) groups is 3. The minimum absolute atomic E-state index is 0.338. The van der Waals surface area contributed by atoms with Gasteiger partial charge in [0.15, 0.2) is 0 Å². The minimum Gasteiger partial charge on any atom is -0.340 e. The molecule has 2 aromatic rings. The van der Waals surface area contributed by atoms with E-state index < -0.39 is 23.3 Å². The summed E-state index contributed by atoms with van der Waals surface area (Å²) < 4.78 is 13.4. The zero-order chi connectivity index (χ0) is 22.6. The lowest BCUT2D eigenvalue weighted by atomic mass is 9.85. The first-order chi connectivity index (χ1) is 14.8. The van der Waals surface area contributed by atoms with Gasteiger partial charge in [-0.1, -0.05) is 61.7 Å². The number of hydrogen-bond donors (Lipinski definition) is 1. The third-order valence-electron chi connectivity index (χ3n) is 5.68. The molecule has 4 amide bonds. The molecule has 1 saturated heterocycles. The van der Waals surface area contributed by atoms with E-state index in [9.17, 15) is 18.8 Å². The van der Waals surface area contributed by atoms with Gasteiger partial charge in [-0.2, -0.15) is 0 Å². The number of nitrogens with zero attached hydrogens (tertiary/aromatic N) is 2. The van der Waals surface area contributed by atoms with E-state index in [1.807, 2.05) is 38.1 Å². The van der Waals surface area contributed by atoms with E-state index in [-0.39, 0.29) is 12.5 Å². The van der Waals surface area contributed by atoms with Crippen LogP contribution < -0.4 is 5.32 Å². The van der Waals surface area contributed by atoms with Crippen molar-refractivity contribution in [3.8, 4) is 0 Å². The number of imide groups is 1. The fourth-order valence-electron chi connectivity index (χ4n) is 3.77. The molecular weight excluding hydrogens is 397 g/mol. The number of halogens is 1. The SMILES string of the molecule is CCCC[C@]1(c2ccc(F)cc2)NC(=O)N(CC(=O)N(C)Cc2ccc(C)cc2)C1=O. The van der Waals surface area contributed by atoms with Crippen LogP contribution in [-0.4, -0.2) is 41.2 Å². The van der Waals surface area contributed by atoms with Crippen LogP contribution in [0.2, 0.25) is 0 Å². The quantitative estimate of drug-likeness (QED) is 0.655. The minimum atomic E-state index is -1.28. The van der Waals surface area contributed by atoms with Gasteiger partial charge in [0.2, 0.25) is 5.91 Å². The highest BCUT2D eigenvalue weighted by Crippen LogP contribution is 2.34. The van der Waals surface area contributed by atoms with Crippen LogP contribution in [0.1, 0.15) is 42.9 Å². The number of benzene rings is 2. The topological polar surface area (TPSA) is 69.7 Å². The zero-order valence-corrected chi connectivity index (χ0v) is 18.2. The molecule has 3 rings (SSSR count). The summed E-state index contributed by atoms with van der Waals surface area (Å²) in [6.45, 7) is 4.01. The smallest absolute Gasteiger partial charge is 0.325 e. The third-order valence-corrected chi connectivity index (χ3v) is 5.68. The molecule has 0 unspecified atom stereocenters. The van der Waals surface area contributed by atoms with Crippen molar-refractivity contribution in [2.24, 2.45) is 0 Å². The summed E-state index contributed by atoms with van der Waals surface area (Å²) in [5.74, 6) is -1.24. The molecule has 2 aromatic carbocycles. The Kier molecular flexibility index (Phi) is 6.73. The van der Waals surface area contributed by atoms with E-state index in [0.29, 0.717) is 24.9 Å². The molecule has 0 spiro atoms. The molecule has 0 radical (unpaired) electrons. The Labute approximate surface area is 182 Å². The molecule has 1 fully saturated rings. The maximum Gasteiger partial charge on any atom is 0.325 e. The van der Waals surface area contributed by atoms with E-state index >= 15 is 0 Å². The van der Waals surface area contributed by atoms with Gasteiger partial charge in [-0.15, -0.1) is 0 Å². The fourth-order valence-corrected chi connectivity index (χ4v) is 3.77. The summed E-state index contributed by atoms with van der Waals surface area (Å²) >= 11 is 0. The van der Waals surface area contributed by atoms with E-state index in [0.717, 1.165) is 22.4 Å². The molecule has 1 heterocycles. The van der Waals surface area contributed by atoms with Gasteiger partial charge in [0.25, 0.3) is 5.91 Å². The van der Waals surface area contributed by atoms with Gasteiger partial charge in [0.1, 0.15) is 17.9 Å². The Balaban J connectivity index is 1.77. The predicted molar refractivity (Wildman–Crippen MR) is 116 cm³/mol. The normalized spacial score (nSPS) is 18.3. The average Bonchev–Trinajstić information content (AvgIpc) is 2.99. The molecule has 1 aliphatic rings. The number of urea groups is 1. The number of aryl methyl sites for hydroxylation is 1. The van der Waals surface area contributed by atoms with Crippen molar-refractivity contribution >= 4 is 17.8 Å². The molecular formula is C24H28FN3O3. The molecule has 0 saturated carbocycles. The van der Waals surface area contributed by atoms with Crippen molar-refractivity contribution in [2.75, 3.05) is 13.6 Å². The predicted octanol–water partition coefficient (Wildman–Crippen LogP) is 3.73. The van der Waals surface area contributed by atoms with Crippen LogP contribution in [0.4, 0.5) is 9.18 Å². The van der Waals surface area contributed by atoms with Crippen LogP contribution in [-0.2, 0) is 21.7 Å². The molecule has 0 aliphatic carbocycles. The van der Waals surface area contributed by atoms with E-state index in [2.05, 4.69) is 5.32 Å². The second kappa shape index (κ2) is 9.29. The van der Waals surface area contributed by atoms with Crippen LogP contribution in [0.15, 0.2) is 48.5 Å². The van der Waals surface area contributed by atoms with Crippen molar-refractivity contribution < 1.29 is 18.8 Å². The lowest BCUT2D eigenvalue weighted by Crippen LogP contribution is -2.45. The van der Waals surface area contributed by atoms with Gasteiger partial charge in [0.05, 0.1) is 0 Å². The summed E-state index contributed by atoms with van der Waals surface area (Å²) in [7, 11) is 1.64. The van der Waals surface area contributed by atoms with Crippen molar-refractivity contribution in [1.82, 2.24) is 15.1 Å². The zero-order valence-electron chi connectivity index (χ0n) is 18.2. The summed E-state index contributed by atoms with van der Waals surface area (Å²) in [6.07, 6.45) is 1.90. The molecule has 1 aliphatic heterocycles. The van der Waals surface area contributed by atoms with Crippen LogP contribution in [0.3, 0.4) is 0 Å². The number of hydrogen-bond acceptors (Lipinski definition) is 3. The summed E-state index contributed by atoms with van der Waals surface area (Å²) in [4.78, 5) is 41.3. The fraction of sp³-hybridized carbons (Fsp3) is 0.375. The highest BCUT2D eigenvalue weighted by molar-refractivity contribution is 6.09. The van der Waals surface area contributed by atoms with Gasteiger partial charge in [-0.25, -0.2) is 9.18 Å². The Hall–Kier alpha value is -3.22. The molecule has 31 heavy (non-hydrogen) atoms. The van der Waals surface area contributed by atoms with Gasteiger partial charge in [-0.3, -0.25) is 14.5 Å². The number of likely N-dealkylation sites (N-methyl/N-ethyl adjacent to an activating group) is 1. The maximum atomic E-state index is 13.4. The van der Waals surface area contributed by atoms with Gasteiger partial charge in [0, 0.05) is 13.6 Å². The number of nitrogens with one attached hydrogen (secondary N) is 1. The van der Waals surface area contributed by atoms with Gasteiger partial charge >= 0.3 is 6.03 Å². The van der Waals surface area contributed by atoms with Crippen molar-refractivity contribution in [1.29, 1.82) is 0 Å². The molecule has 6 nitrogen and oxygen atoms in total. The van der Waals surface area contributed by atoms with Crippen LogP contribution >= 0.6 is 0 Å². The Morgan fingerprint density at radius 3 is 2.35 bits per heavy atom. The average molecular weight is 426 g/mol. The first kappa shape index (κ1) is 22.5. The summed E-state index contributed by atoms with van der Waals surface area (Å²) in [5, 5.41) is 2.78. The highest BCUT2D eigenvalue weighted by Gasteiger charge is 2.52. The number of amides is 4. The molecule has 7 heteroatoms. The highest BCUT2D eigenvalue weighted by atomic mass is 19.1. The van der Waals surface area contributed by atoms with Crippen LogP contribution in [0, 0.1) is 12.7 Å².